The quantitative estimate of drug-likeness (QED) is 0.884. The van der Waals surface area contributed by atoms with Gasteiger partial charge < -0.3 is 9.67 Å². The molecule has 1 aliphatic rings. The topological polar surface area (TPSA) is 72.9 Å². The average Bonchev–Trinajstić information content (AvgIpc) is 2.85. The Morgan fingerprint density at radius 3 is 2.83 bits per heavy atom. The Balaban J connectivity index is 2.04. The van der Waals surface area contributed by atoms with E-state index < -0.39 is 5.97 Å². The predicted molar refractivity (Wildman–Crippen MR) is 64.1 cm³/mol. The zero-order valence-electron chi connectivity index (χ0n) is 10.1. The van der Waals surface area contributed by atoms with Crippen LogP contribution in [0.4, 0.5) is 0 Å². The van der Waals surface area contributed by atoms with Crippen molar-refractivity contribution in [3.05, 3.63) is 24.3 Å². The van der Waals surface area contributed by atoms with Crippen LogP contribution in [0.1, 0.15) is 23.3 Å². The van der Waals surface area contributed by atoms with Gasteiger partial charge in [-0.25, -0.2) is 9.78 Å². The molecule has 0 unspecified atom stereocenters. The van der Waals surface area contributed by atoms with Crippen molar-refractivity contribution in [3.8, 4) is 11.4 Å². The maximum absolute atomic E-state index is 11.2. The second-order valence-electron chi connectivity index (χ2n) is 4.73. The Morgan fingerprint density at radius 1 is 1.50 bits per heavy atom. The van der Waals surface area contributed by atoms with E-state index in [1.165, 1.54) is 19.0 Å². The van der Waals surface area contributed by atoms with Crippen LogP contribution in [-0.2, 0) is 13.6 Å². The molecule has 1 fully saturated rings. The summed E-state index contributed by atoms with van der Waals surface area (Å²) in [5.41, 5.74) is 1.10. The van der Waals surface area contributed by atoms with Gasteiger partial charge in [0.15, 0.2) is 0 Å². The predicted octanol–water partition coefficient (Wildman–Crippen LogP) is 1.39. The minimum absolute atomic E-state index is 0.251. The molecule has 1 N–H and O–H groups in total. The first-order valence-electron chi connectivity index (χ1n) is 5.93. The third-order valence-corrected chi connectivity index (χ3v) is 3.18. The molecule has 94 valence electrons. The highest BCUT2D eigenvalue weighted by Gasteiger charge is 2.26. The fraction of sp³-hybridized carbons (Fsp3) is 0.417. The maximum Gasteiger partial charge on any atom is 0.354 e. The molecule has 0 spiro atoms. The van der Waals surface area contributed by atoms with E-state index >= 15 is 0 Å². The van der Waals surface area contributed by atoms with Gasteiger partial charge in [0, 0.05) is 19.8 Å². The summed E-state index contributed by atoms with van der Waals surface area (Å²) >= 11 is 0. The van der Waals surface area contributed by atoms with Crippen LogP contribution in [0.2, 0.25) is 0 Å². The number of hydrogen-bond donors (Lipinski definition) is 1. The molecule has 0 atom stereocenters. The highest BCUT2D eigenvalue weighted by atomic mass is 16.4. The number of carboxylic acid groups (broad SMARTS) is 1. The van der Waals surface area contributed by atoms with Crippen LogP contribution in [0.3, 0.4) is 0 Å². The van der Waals surface area contributed by atoms with E-state index in [1.54, 1.807) is 15.4 Å². The lowest BCUT2D eigenvalue weighted by Gasteiger charge is -2.07. The molecule has 2 aromatic rings. The summed E-state index contributed by atoms with van der Waals surface area (Å²) < 4.78 is 3.48. The lowest BCUT2D eigenvalue weighted by molar-refractivity contribution is 0.0685. The highest BCUT2D eigenvalue weighted by molar-refractivity contribution is 5.86. The van der Waals surface area contributed by atoms with E-state index in [0.29, 0.717) is 11.7 Å². The molecule has 2 heterocycles. The molecule has 1 saturated carbocycles. The fourth-order valence-corrected chi connectivity index (χ4v) is 2.06. The summed E-state index contributed by atoms with van der Waals surface area (Å²) in [6, 6.07) is 0. The molecule has 0 aliphatic heterocycles. The van der Waals surface area contributed by atoms with E-state index in [2.05, 4.69) is 10.1 Å². The molecule has 18 heavy (non-hydrogen) atoms. The van der Waals surface area contributed by atoms with Crippen LogP contribution < -0.4 is 0 Å². The molecule has 0 radical (unpaired) electrons. The van der Waals surface area contributed by atoms with Crippen molar-refractivity contribution in [2.75, 3.05) is 0 Å². The standard InChI is InChI=1S/C12H14N4O2/c1-15-7-9(4-14-15)11-13-5-10(12(17)18)16(11)6-8-2-3-8/h4-5,7-8H,2-3,6H2,1H3,(H,17,18). The first kappa shape index (κ1) is 11.0. The van der Waals surface area contributed by atoms with E-state index in [9.17, 15) is 9.90 Å². The Bertz CT molecular complexity index is 595. The molecule has 6 nitrogen and oxygen atoms in total. The van der Waals surface area contributed by atoms with Gasteiger partial charge in [-0.3, -0.25) is 4.68 Å². The van der Waals surface area contributed by atoms with Gasteiger partial charge in [0.25, 0.3) is 0 Å². The normalized spacial score (nSPS) is 14.9. The molecule has 0 amide bonds. The molecule has 0 bridgehead atoms. The van der Waals surface area contributed by atoms with E-state index in [0.717, 1.165) is 12.1 Å². The van der Waals surface area contributed by atoms with E-state index in [4.69, 9.17) is 0 Å². The van der Waals surface area contributed by atoms with Gasteiger partial charge in [0.05, 0.1) is 18.0 Å². The van der Waals surface area contributed by atoms with Crippen LogP contribution in [0.25, 0.3) is 11.4 Å². The Kier molecular flexibility index (Phi) is 2.43. The largest absolute Gasteiger partial charge is 0.477 e. The minimum Gasteiger partial charge on any atom is -0.477 e. The first-order chi connectivity index (χ1) is 8.65. The summed E-state index contributed by atoms with van der Waals surface area (Å²) in [5, 5.41) is 13.3. The van der Waals surface area contributed by atoms with Gasteiger partial charge in [-0.05, 0) is 18.8 Å². The monoisotopic (exact) mass is 246 g/mol. The Hall–Kier alpha value is -2.11. The third kappa shape index (κ3) is 1.90. The Labute approximate surface area is 104 Å². The van der Waals surface area contributed by atoms with Crippen molar-refractivity contribution in [1.29, 1.82) is 0 Å². The molecular weight excluding hydrogens is 232 g/mol. The van der Waals surface area contributed by atoms with Gasteiger partial charge in [-0.1, -0.05) is 0 Å². The molecule has 3 rings (SSSR count). The number of carboxylic acids is 1. The number of carbonyl (C=O) groups is 1. The fourth-order valence-electron chi connectivity index (χ4n) is 2.06. The lowest BCUT2D eigenvalue weighted by atomic mass is 10.3. The number of aromatic nitrogens is 4. The molecule has 0 aromatic carbocycles. The van der Waals surface area contributed by atoms with Crippen LogP contribution in [-0.4, -0.2) is 30.4 Å². The number of nitrogens with zero attached hydrogens (tertiary/aromatic N) is 4. The SMILES string of the molecule is Cn1cc(-c2ncc(C(=O)O)n2CC2CC2)cn1. The van der Waals surface area contributed by atoms with Gasteiger partial charge >= 0.3 is 5.97 Å². The minimum atomic E-state index is -0.932. The van der Waals surface area contributed by atoms with E-state index in [1.807, 2.05) is 13.2 Å². The summed E-state index contributed by atoms with van der Waals surface area (Å²) in [4.78, 5) is 15.4. The van der Waals surface area contributed by atoms with Crippen LogP contribution >= 0.6 is 0 Å². The average molecular weight is 246 g/mol. The number of aromatic carboxylic acids is 1. The number of rotatable bonds is 4. The van der Waals surface area contributed by atoms with Gasteiger partial charge in [-0.2, -0.15) is 5.10 Å². The summed E-state index contributed by atoms with van der Waals surface area (Å²) in [6.07, 6.45) is 7.31. The van der Waals surface area contributed by atoms with Crippen molar-refractivity contribution in [2.45, 2.75) is 19.4 Å². The number of aryl methyl sites for hydroxylation is 1. The smallest absolute Gasteiger partial charge is 0.354 e. The number of imidazole rings is 1. The van der Waals surface area contributed by atoms with Crippen molar-refractivity contribution in [2.24, 2.45) is 13.0 Å². The van der Waals surface area contributed by atoms with Crippen LogP contribution in [0, 0.1) is 5.92 Å². The van der Waals surface area contributed by atoms with Crippen molar-refractivity contribution in [1.82, 2.24) is 19.3 Å². The molecular formula is C12H14N4O2. The number of hydrogen-bond acceptors (Lipinski definition) is 3. The highest BCUT2D eigenvalue weighted by Crippen LogP contribution is 2.33. The van der Waals surface area contributed by atoms with Crippen molar-refractivity contribution in [3.63, 3.8) is 0 Å². The van der Waals surface area contributed by atoms with Gasteiger partial charge in [-0.15, -0.1) is 0 Å². The van der Waals surface area contributed by atoms with Gasteiger partial charge in [0.1, 0.15) is 11.5 Å². The zero-order chi connectivity index (χ0) is 12.7. The zero-order valence-corrected chi connectivity index (χ0v) is 10.1. The third-order valence-electron chi connectivity index (χ3n) is 3.18. The molecule has 6 heteroatoms. The lowest BCUT2D eigenvalue weighted by Crippen LogP contribution is -2.10. The van der Waals surface area contributed by atoms with Gasteiger partial charge in [0.2, 0.25) is 0 Å². The Morgan fingerprint density at radius 2 is 2.28 bits per heavy atom. The second-order valence-corrected chi connectivity index (χ2v) is 4.73. The van der Waals surface area contributed by atoms with Crippen LogP contribution in [0.15, 0.2) is 18.6 Å². The molecule has 1 aliphatic carbocycles. The maximum atomic E-state index is 11.2. The van der Waals surface area contributed by atoms with Crippen molar-refractivity contribution >= 4 is 5.97 Å². The first-order valence-corrected chi connectivity index (χ1v) is 5.93. The molecule has 0 saturated heterocycles. The van der Waals surface area contributed by atoms with Crippen molar-refractivity contribution < 1.29 is 9.90 Å². The van der Waals surface area contributed by atoms with Crippen LogP contribution in [0.5, 0.6) is 0 Å². The second kappa shape index (κ2) is 3.97. The molecule has 2 aromatic heterocycles. The summed E-state index contributed by atoms with van der Waals surface area (Å²) in [5.74, 6) is 0.346. The summed E-state index contributed by atoms with van der Waals surface area (Å²) in [7, 11) is 1.83. The summed E-state index contributed by atoms with van der Waals surface area (Å²) in [6.45, 7) is 0.728. The van der Waals surface area contributed by atoms with E-state index in [-0.39, 0.29) is 5.69 Å².